The molecule has 1 fully saturated rings. The first-order valence-corrected chi connectivity index (χ1v) is 3.63. The first kappa shape index (κ1) is 7.98. The molecule has 1 aliphatic heterocycles. The Morgan fingerprint density at radius 2 is 2.30 bits per heavy atom. The summed E-state index contributed by atoms with van der Waals surface area (Å²) in [5, 5.41) is 3.31. The molecule has 60 valence electrons. The van der Waals surface area contributed by atoms with Crippen LogP contribution in [0.2, 0.25) is 0 Å². The third-order valence-electron chi connectivity index (χ3n) is 1.93. The van der Waals surface area contributed by atoms with E-state index in [1.54, 1.807) is 14.2 Å². The van der Waals surface area contributed by atoms with Crippen molar-refractivity contribution < 1.29 is 9.47 Å². The van der Waals surface area contributed by atoms with Gasteiger partial charge in [-0.15, -0.1) is 0 Å². The Morgan fingerprint density at radius 1 is 1.50 bits per heavy atom. The van der Waals surface area contributed by atoms with Crippen molar-refractivity contribution in [2.75, 3.05) is 27.4 Å². The van der Waals surface area contributed by atoms with Gasteiger partial charge in [-0.05, 0) is 13.0 Å². The zero-order valence-electron chi connectivity index (χ0n) is 6.59. The fraction of sp³-hybridized carbons (Fsp3) is 1.00. The molecule has 3 nitrogen and oxygen atoms in total. The van der Waals surface area contributed by atoms with Crippen molar-refractivity contribution in [1.29, 1.82) is 0 Å². The standard InChI is InChI=1S/C7H15NO2/c1-9-5-6-7(10-2)3-4-8-6/h6-8H,3-5H2,1-2H3/t6-,7+/m0/s1. The molecule has 2 atom stereocenters. The topological polar surface area (TPSA) is 30.5 Å². The van der Waals surface area contributed by atoms with Gasteiger partial charge >= 0.3 is 0 Å². The highest BCUT2D eigenvalue weighted by Gasteiger charge is 2.25. The number of methoxy groups -OCH3 is 2. The van der Waals surface area contributed by atoms with Gasteiger partial charge in [-0.3, -0.25) is 0 Å². The molecule has 0 aromatic heterocycles. The highest BCUT2D eigenvalue weighted by Crippen LogP contribution is 2.09. The Balaban J connectivity index is 2.27. The maximum atomic E-state index is 5.23. The largest absolute Gasteiger partial charge is 0.383 e. The van der Waals surface area contributed by atoms with Gasteiger partial charge in [0, 0.05) is 14.2 Å². The molecule has 1 N–H and O–H groups in total. The average Bonchev–Trinajstić information content (AvgIpc) is 2.36. The summed E-state index contributed by atoms with van der Waals surface area (Å²) in [5.41, 5.74) is 0. The first-order valence-electron chi connectivity index (χ1n) is 3.63. The van der Waals surface area contributed by atoms with Gasteiger partial charge < -0.3 is 14.8 Å². The van der Waals surface area contributed by atoms with Gasteiger partial charge in [0.1, 0.15) is 0 Å². The van der Waals surface area contributed by atoms with Crippen LogP contribution >= 0.6 is 0 Å². The second-order valence-corrected chi connectivity index (χ2v) is 2.58. The molecule has 0 bridgehead atoms. The quantitative estimate of drug-likeness (QED) is 0.607. The third-order valence-corrected chi connectivity index (χ3v) is 1.93. The summed E-state index contributed by atoms with van der Waals surface area (Å²) in [5.74, 6) is 0. The first-order chi connectivity index (χ1) is 4.88. The summed E-state index contributed by atoms with van der Waals surface area (Å²) in [4.78, 5) is 0. The minimum atomic E-state index is 0.347. The molecule has 0 amide bonds. The molecule has 10 heavy (non-hydrogen) atoms. The van der Waals surface area contributed by atoms with Gasteiger partial charge in [-0.25, -0.2) is 0 Å². The molecule has 0 saturated carbocycles. The molecule has 0 aromatic carbocycles. The zero-order valence-corrected chi connectivity index (χ0v) is 6.59. The van der Waals surface area contributed by atoms with Crippen LogP contribution in [0.15, 0.2) is 0 Å². The van der Waals surface area contributed by atoms with Crippen LogP contribution in [0.4, 0.5) is 0 Å². The van der Waals surface area contributed by atoms with E-state index in [-0.39, 0.29) is 0 Å². The van der Waals surface area contributed by atoms with Crippen LogP contribution in [0, 0.1) is 0 Å². The Bertz CT molecular complexity index is 97.6. The summed E-state index contributed by atoms with van der Waals surface area (Å²) in [7, 11) is 3.47. The molecule has 1 rings (SSSR count). The van der Waals surface area contributed by atoms with Crippen LogP contribution in [-0.4, -0.2) is 39.5 Å². The monoisotopic (exact) mass is 145 g/mol. The Labute approximate surface area is 61.7 Å². The summed E-state index contributed by atoms with van der Waals surface area (Å²) in [6.45, 7) is 1.80. The van der Waals surface area contributed by atoms with E-state index in [2.05, 4.69) is 5.32 Å². The van der Waals surface area contributed by atoms with Gasteiger partial charge in [-0.1, -0.05) is 0 Å². The van der Waals surface area contributed by atoms with E-state index in [0.29, 0.717) is 12.1 Å². The molecule has 1 heterocycles. The molecular formula is C7H15NO2. The highest BCUT2D eigenvalue weighted by molar-refractivity contribution is 4.83. The van der Waals surface area contributed by atoms with E-state index in [4.69, 9.17) is 9.47 Å². The Morgan fingerprint density at radius 3 is 2.90 bits per heavy atom. The van der Waals surface area contributed by atoms with E-state index in [1.165, 1.54) is 0 Å². The fourth-order valence-electron chi connectivity index (χ4n) is 1.37. The predicted octanol–water partition coefficient (Wildman–Crippen LogP) is 0.00970. The van der Waals surface area contributed by atoms with Crippen LogP contribution in [-0.2, 0) is 9.47 Å². The number of rotatable bonds is 3. The lowest BCUT2D eigenvalue weighted by molar-refractivity contribution is 0.0579. The van der Waals surface area contributed by atoms with E-state index in [1.807, 2.05) is 0 Å². The molecule has 1 saturated heterocycles. The van der Waals surface area contributed by atoms with Crippen LogP contribution in [0.1, 0.15) is 6.42 Å². The fourth-order valence-corrected chi connectivity index (χ4v) is 1.37. The lowest BCUT2D eigenvalue weighted by Gasteiger charge is -2.16. The molecule has 0 spiro atoms. The smallest absolute Gasteiger partial charge is 0.0758 e. The third kappa shape index (κ3) is 1.68. The summed E-state index contributed by atoms with van der Waals surface area (Å²) < 4.78 is 10.2. The molecule has 0 unspecified atom stereocenters. The van der Waals surface area contributed by atoms with Gasteiger partial charge in [0.05, 0.1) is 18.8 Å². The zero-order chi connectivity index (χ0) is 7.40. The SMILES string of the molecule is COC[C@@H]1NCC[C@H]1OC. The second kappa shape index (κ2) is 3.91. The number of hydrogen-bond acceptors (Lipinski definition) is 3. The van der Waals surface area contributed by atoms with Crippen molar-refractivity contribution in [3.63, 3.8) is 0 Å². The number of hydrogen-bond donors (Lipinski definition) is 1. The number of nitrogens with one attached hydrogen (secondary N) is 1. The van der Waals surface area contributed by atoms with E-state index >= 15 is 0 Å². The molecule has 0 aromatic rings. The number of ether oxygens (including phenoxy) is 2. The van der Waals surface area contributed by atoms with Crippen LogP contribution < -0.4 is 5.32 Å². The van der Waals surface area contributed by atoms with Crippen molar-refractivity contribution in [3.05, 3.63) is 0 Å². The van der Waals surface area contributed by atoms with Crippen LogP contribution in [0.3, 0.4) is 0 Å². The lowest BCUT2D eigenvalue weighted by Crippen LogP contribution is -2.35. The van der Waals surface area contributed by atoms with Gasteiger partial charge in [-0.2, -0.15) is 0 Å². The Hall–Kier alpha value is -0.120. The molecule has 3 heteroatoms. The summed E-state index contributed by atoms with van der Waals surface area (Å²) >= 11 is 0. The normalized spacial score (nSPS) is 33.0. The van der Waals surface area contributed by atoms with Crippen LogP contribution in [0.25, 0.3) is 0 Å². The van der Waals surface area contributed by atoms with E-state index in [0.717, 1.165) is 19.6 Å². The van der Waals surface area contributed by atoms with E-state index < -0.39 is 0 Å². The lowest BCUT2D eigenvalue weighted by atomic mass is 10.2. The summed E-state index contributed by atoms with van der Waals surface area (Å²) in [6, 6.07) is 0.398. The highest BCUT2D eigenvalue weighted by atomic mass is 16.5. The minimum absolute atomic E-state index is 0.347. The maximum Gasteiger partial charge on any atom is 0.0758 e. The van der Waals surface area contributed by atoms with Crippen molar-refractivity contribution in [3.8, 4) is 0 Å². The van der Waals surface area contributed by atoms with Gasteiger partial charge in [0.25, 0.3) is 0 Å². The summed E-state index contributed by atoms with van der Waals surface area (Å²) in [6.07, 6.45) is 1.45. The molecule has 0 radical (unpaired) electrons. The predicted molar refractivity (Wildman–Crippen MR) is 39.1 cm³/mol. The average molecular weight is 145 g/mol. The maximum absolute atomic E-state index is 5.23. The Kier molecular flexibility index (Phi) is 3.12. The van der Waals surface area contributed by atoms with Crippen molar-refractivity contribution in [1.82, 2.24) is 5.32 Å². The second-order valence-electron chi connectivity index (χ2n) is 2.58. The van der Waals surface area contributed by atoms with Crippen molar-refractivity contribution >= 4 is 0 Å². The molecule has 0 aliphatic carbocycles. The van der Waals surface area contributed by atoms with Crippen molar-refractivity contribution in [2.45, 2.75) is 18.6 Å². The van der Waals surface area contributed by atoms with Gasteiger partial charge in [0.2, 0.25) is 0 Å². The van der Waals surface area contributed by atoms with E-state index in [9.17, 15) is 0 Å². The van der Waals surface area contributed by atoms with Crippen molar-refractivity contribution in [2.24, 2.45) is 0 Å². The van der Waals surface area contributed by atoms with Gasteiger partial charge in [0.15, 0.2) is 0 Å². The van der Waals surface area contributed by atoms with Crippen LogP contribution in [0.5, 0.6) is 0 Å². The molecular weight excluding hydrogens is 130 g/mol. The molecule has 1 aliphatic rings. The minimum Gasteiger partial charge on any atom is -0.383 e.